The lowest BCUT2D eigenvalue weighted by atomic mass is 9.99. The van der Waals surface area contributed by atoms with E-state index in [4.69, 9.17) is 23.2 Å². The van der Waals surface area contributed by atoms with Gasteiger partial charge in [-0.15, -0.1) is 0 Å². The number of fused-ring (bicyclic) bond motifs is 1. The molecule has 1 fully saturated rings. The third-order valence-electron chi connectivity index (χ3n) is 5.79. The molecular formula is C24H22Cl2N2O3. The van der Waals surface area contributed by atoms with Crippen LogP contribution in [0.15, 0.2) is 48.7 Å². The maximum absolute atomic E-state index is 12.8. The van der Waals surface area contributed by atoms with Crippen LogP contribution in [0.5, 0.6) is 0 Å². The SMILES string of the molecule is C=C1CCC(N2Cc3cc(CCC(=O)Cc4cc(Cl)ccc4Cl)ccc3C2=O)C(=O)N1. The van der Waals surface area contributed by atoms with Crippen molar-refractivity contribution in [1.29, 1.82) is 0 Å². The molecule has 2 aliphatic heterocycles. The monoisotopic (exact) mass is 456 g/mol. The highest BCUT2D eigenvalue weighted by Gasteiger charge is 2.38. The second-order valence-corrected chi connectivity index (χ2v) is 8.87. The molecule has 1 atom stereocenters. The number of nitrogens with one attached hydrogen (secondary N) is 1. The molecule has 160 valence electrons. The molecular weight excluding hydrogens is 435 g/mol. The molecule has 7 heteroatoms. The van der Waals surface area contributed by atoms with Gasteiger partial charge in [-0.1, -0.05) is 41.9 Å². The molecule has 2 aliphatic rings. The Balaban J connectivity index is 1.39. The quantitative estimate of drug-likeness (QED) is 0.696. The summed E-state index contributed by atoms with van der Waals surface area (Å²) in [7, 11) is 0. The zero-order valence-electron chi connectivity index (χ0n) is 16.9. The summed E-state index contributed by atoms with van der Waals surface area (Å²) in [5.74, 6) is -0.231. The Hall–Kier alpha value is -2.63. The molecule has 4 rings (SSSR count). The van der Waals surface area contributed by atoms with Gasteiger partial charge in [-0.25, -0.2) is 0 Å². The van der Waals surface area contributed by atoms with Crippen LogP contribution in [0.2, 0.25) is 10.0 Å². The van der Waals surface area contributed by atoms with Gasteiger partial charge in [-0.2, -0.15) is 0 Å². The molecule has 0 spiro atoms. The van der Waals surface area contributed by atoms with Crippen molar-refractivity contribution in [2.75, 3.05) is 0 Å². The van der Waals surface area contributed by atoms with Gasteiger partial charge >= 0.3 is 0 Å². The Morgan fingerprint density at radius 1 is 1.16 bits per heavy atom. The van der Waals surface area contributed by atoms with Crippen molar-refractivity contribution in [1.82, 2.24) is 10.2 Å². The third kappa shape index (κ3) is 4.68. The summed E-state index contributed by atoms with van der Waals surface area (Å²) in [5.41, 5.74) is 3.92. The normalized spacial score (nSPS) is 18.2. The summed E-state index contributed by atoms with van der Waals surface area (Å²) in [6.45, 7) is 4.19. The van der Waals surface area contributed by atoms with Gasteiger partial charge in [0, 0.05) is 40.7 Å². The second kappa shape index (κ2) is 8.85. The van der Waals surface area contributed by atoms with Crippen LogP contribution in [-0.2, 0) is 29.0 Å². The van der Waals surface area contributed by atoms with E-state index in [1.165, 1.54) is 0 Å². The summed E-state index contributed by atoms with van der Waals surface area (Å²) in [6.07, 6.45) is 2.42. The van der Waals surface area contributed by atoms with Crippen molar-refractivity contribution in [3.05, 3.63) is 81.0 Å². The minimum absolute atomic E-state index is 0.0708. The lowest BCUT2D eigenvalue weighted by Crippen LogP contribution is -2.49. The first-order chi connectivity index (χ1) is 14.8. The highest BCUT2D eigenvalue weighted by atomic mass is 35.5. The Labute approximate surface area is 191 Å². The number of amides is 2. The van der Waals surface area contributed by atoms with Crippen LogP contribution in [0.1, 0.15) is 46.3 Å². The second-order valence-electron chi connectivity index (χ2n) is 8.02. The lowest BCUT2D eigenvalue weighted by Gasteiger charge is -2.30. The maximum atomic E-state index is 12.8. The average molecular weight is 457 g/mol. The molecule has 2 amide bonds. The minimum Gasteiger partial charge on any atom is -0.329 e. The van der Waals surface area contributed by atoms with E-state index in [-0.39, 0.29) is 24.0 Å². The van der Waals surface area contributed by atoms with Gasteiger partial charge in [0.15, 0.2) is 0 Å². The Morgan fingerprint density at radius 3 is 2.74 bits per heavy atom. The molecule has 2 aromatic carbocycles. The molecule has 31 heavy (non-hydrogen) atoms. The van der Waals surface area contributed by atoms with Gasteiger partial charge in [0.2, 0.25) is 5.91 Å². The van der Waals surface area contributed by atoms with Crippen molar-refractivity contribution in [3.8, 4) is 0 Å². The number of aryl methyl sites for hydroxylation is 1. The highest BCUT2D eigenvalue weighted by Crippen LogP contribution is 2.29. The largest absolute Gasteiger partial charge is 0.329 e. The number of hydrogen-bond donors (Lipinski definition) is 1. The van der Waals surface area contributed by atoms with Crippen molar-refractivity contribution in [2.45, 2.75) is 44.7 Å². The van der Waals surface area contributed by atoms with Crippen molar-refractivity contribution < 1.29 is 14.4 Å². The highest BCUT2D eigenvalue weighted by molar-refractivity contribution is 6.33. The molecule has 1 N–H and O–H groups in total. The number of hydrogen-bond acceptors (Lipinski definition) is 3. The molecule has 0 aromatic heterocycles. The first kappa shape index (κ1) is 21.6. The fourth-order valence-electron chi connectivity index (χ4n) is 4.13. The number of benzene rings is 2. The fourth-order valence-corrected chi connectivity index (χ4v) is 4.51. The van der Waals surface area contributed by atoms with Crippen LogP contribution < -0.4 is 5.32 Å². The summed E-state index contributed by atoms with van der Waals surface area (Å²) in [4.78, 5) is 39.2. The number of rotatable bonds is 6. The predicted molar refractivity (Wildman–Crippen MR) is 120 cm³/mol. The van der Waals surface area contributed by atoms with Gasteiger partial charge < -0.3 is 10.2 Å². The molecule has 0 saturated carbocycles. The van der Waals surface area contributed by atoms with E-state index < -0.39 is 6.04 Å². The number of carbonyl (C=O) groups excluding carboxylic acids is 3. The summed E-state index contributed by atoms with van der Waals surface area (Å²) in [5, 5.41) is 3.83. The molecule has 2 aromatic rings. The number of piperidine rings is 1. The zero-order valence-corrected chi connectivity index (χ0v) is 18.4. The van der Waals surface area contributed by atoms with E-state index in [1.807, 2.05) is 12.1 Å². The Morgan fingerprint density at radius 2 is 1.97 bits per heavy atom. The van der Waals surface area contributed by atoms with Crippen LogP contribution in [0.25, 0.3) is 0 Å². The standard InChI is InChI=1S/C24H22Cl2N2O3/c1-14-2-9-22(23(30)27-14)28-13-17-10-15(4-7-20(17)24(28)31)3-6-19(29)12-16-11-18(25)5-8-21(16)26/h4-5,7-8,10-11,22H,1-3,6,9,12-13H2,(H,27,30). The average Bonchev–Trinajstić information content (AvgIpc) is 3.05. The number of Topliss-reactive ketones (excluding diaryl/α,β-unsaturated/α-hetero) is 1. The topological polar surface area (TPSA) is 66.5 Å². The molecule has 2 heterocycles. The minimum atomic E-state index is -0.474. The van der Waals surface area contributed by atoms with Crippen LogP contribution >= 0.6 is 23.2 Å². The van der Waals surface area contributed by atoms with E-state index in [9.17, 15) is 14.4 Å². The number of carbonyl (C=O) groups is 3. The van der Waals surface area contributed by atoms with Gasteiger partial charge in [-0.05, 0) is 60.2 Å². The number of allylic oxidation sites excluding steroid dienone is 1. The van der Waals surface area contributed by atoms with Crippen LogP contribution in [0.3, 0.4) is 0 Å². The van der Waals surface area contributed by atoms with E-state index in [0.29, 0.717) is 53.5 Å². The Bertz CT molecular complexity index is 1100. The summed E-state index contributed by atoms with van der Waals surface area (Å²) < 4.78 is 0. The van der Waals surface area contributed by atoms with Crippen molar-refractivity contribution in [3.63, 3.8) is 0 Å². The van der Waals surface area contributed by atoms with E-state index >= 15 is 0 Å². The molecule has 0 bridgehead atoms. The Kier molecular flexibility index (Phi) is 6.17. The van der Waals surface area contributed by atoms with Gasteiger partial charge in [0.25, 0.3) is 5.91 Å². The van der Waals surface area contributed by atoms with Crippen LogP contribution in [-0.4, -0.2) is 28.5 Å². The van der Waals surface area contributed by atoms with Gasteiger partial charge in [0.1, 0.15) is 11.8 Å². The first-order valence-corrected chi connectivity index (χ1v) is 10.9. The molecule has 0 aliphatic carbocycles. The fraction of sp³-hybridized carbons (Fsp3) is 0.292. The van der Waals surface area contributed by atoms with Gasteiger partial charge in [-0.3, -0.25) is 14.4 Å². The molecule has 1 saturated heterocycles. The van der Waals surface area contributed by atoms with E-state index in [2.05, 4.69) is 11.9 Å². The third-order valence-corrected chi connectivity index (χ3v) is 6.39. The molecule has 1 unspecified atom stereocenters. The molecule has 0 radical (unpaired) electrons. The van der Waals surface area contributed by atoms with E-state index in [1.54, 1.807) is 29.2 Å². The first-order valence-electron chi connectivity index (χ1n) is 10.2. The predicted octanol–water partition coefficient (Wildman–Crippen LogP) is 4.49. The van der Waals surface area contributed by atoms with Gasteiger partial charge in [0.05, 0.1) is 0 Å². The maximum Gasteiger partial charge on any atom is 0.255 e. The van der Waals surface area contributed by atoms with Crippen LogP contribution in [0.4, 0.5) is 0 Å². The zero-order chi connectivity index (χ0) is 22.1. The van der Waals surface area contributed by atoms with E-state index in [0.717, 1.165) is 16.7 Å². The van der Waals surface area contributed by atoms with Crippen LogP contribution in [0, 0.1) is 0 Å². The number of halogens is 2. The number of ketones is 1. The molecule has 5 nitrogen and oxygen atoms in total. The van der Waals surface area contributed by atoms with Crippen molar-refractivity contribution >= 4 is 40.8 Å². The van der Waals surface area contributed by atoms with Crippen molar-refractivity contribution in [2.24, 2.45) is 0 Å². The smallest absolute Gasteiger partial charge is 0.255 e. The summed E-state index contributed by atoms with van der Waals surface area (Å²) >= 11 is 12.1. The summed E-state index contributed by atoms with van der Waals surface area (Å²) in [6, 6.07) is 10.3. The number of nitrogens with zero attached hydrogens (tertiary/aromatic N) is 1. The lowest BCUT2D eigenvalue weighted by molar-refractivity contribution is -0.126.